The van der Waals surface area contributed by atoms with Crippen LogP contribution in [0.5, 0.6) is 5.75 Å². The van der Waals surface area contributed by atoms with Crippen molar-refractivity contribution in [2.75, 3.05) is 12.8 Å². The molecule has 0 heterocycles. The number of nitrogen functional groups attached to an aromatic ring is 1. The maximum atomic E-state index is 12.4. The number of aliphatic carboxylic acids is 1. The van der Waals surface area contributed by atoms with Crippen molar-refractivity contribution >= 4 is 17.6 Å². The lowest BCUT2D eigenvalue weighted by Crippen LogP contribution is -2.55. The van der Waals surface area contributed by atoms with Gasteiger partial charge in [-0.1, -0.05) is 19.3 Å². The molecule has 0 atom stereocenters. The standard InChI is InChI=1S/C15H20N2O4/c1-21-12-9-10(16)5-6-11(12)13(18)17-15(14(19)20)7-3-2-4-8-15/h5-6,9H,2-4,7-8,16H2,1H3,(H,17,18)(H,19,20). The van der Waals surface area contributed by atoms with Crippen molar-refractivity contribution < 1.29 is 19.4 Å². The third-order valence-corrected chi connectivity index (χ3v) is 3.94. The van der Waals surface area contributed by atoms with Crippen LogP contribution in [-0.4, -0.2) is 29.6 Å². The molecule has 1 aliphatic carbocycles. The molecule has 21 heavy (non-hydrogen) atoms. The number of ether oxygens (including phenoxy) is 1. The summed E-state index contributed by atoms with van der Waals surface area (Å²) in [7, 11) is 1.44. The molecule has 2 rings (SSSR count). The van der Waals surface area contributed by atoms with Gasteiger partial charge in [0.25, 0.3) is 5.91 Å². The Kier molecular flexibility index (Phi) is 4.35. The smallest absolute Gasteiger partial charge is 0.329 e. The van der Waals surface area contributed by atoms with Gasteiger partial charge in [-0.05, 0) is 25.0 Å². The molecule has 0 spiro atoms. The van der Waals surface area contributed by atoms with Crippen LogP contribution in [0.4, 0.5) is 5.69 Å². The normalized spacial score (nSPS) is 17.0. The number of nitrogens with one attached hydrogen (secondary N) is 1. The van der Waals surface area contributed by atoms with Gasteiger partial charge in [-0.3, -0.25) is 4.79 Å². The van der Waals surface area contributed by atoms with Crippen molar-refractivity contribution in [2.24, 2.45) is 0 Å². The third-order valence-electron chi connectivity index (χ3n) is 3.94. The average molecular weight is 292 g/mol. The van der Waals surface area contributed by atoms with Crippen molar-refractivity contribution in [1.29, 1.82) is 0 Å². The molecule has 0 saturated heterocycles. The summed E-state index contributed by atoms with van der Waals surface area (Å²) in [5, 5.41) is 12.2. The van der Waals surface area contributed by atoms with Crippen LogP contribution >= 0.6 is 0 Å². The van der Waals surface area contributed by atoms with E-state index in [2.05, 4.69) is 5.32 Å². The number of benzene rings is 1. The number of rotatable bonds is 4. The van der Waals surface area contributed by atoms with Gasteiger partial charge in [-0.2, -0.15) is 0 Å². The minimum atomic E-state index is -1.18. The maximum Gasteiger partial charge on any atom is 0.329 e. The summed E-state index contributed by atoms with van der Waals surface area (Å²) in [6.07, 6.45) is 3.49. The number of anilines is 1. The molecule has 0 radical (unpaired) electrons. The highest BCUT2D eigenvalue weighted by molar-refractivity contribution is 6.00. The Labute approximate surface area is 123 Å². The van der Waals surface area contributed by atoms with E-state index >= 15 is 0 Å². The summed E-state index contributed by atoms with van der Waals surface area (Å²) in [6, 6.07) is 4.68. The lowest BCUT2D eigenvalue weighted by Gasteiger charge is -2.34. The van der Waals surface area contributed by atoms with Gasteiger partial charge < -0.3 is 20.9 Å². The van der Waals surface area contributed by atoms with Gasteiger partial charge in [-0.15, -0.1) is 0 Å². The van der Waals surface area contributed by atoms with Gasteiger partial charge in [0, 0.05) is 11.8 Å². The average Bonchev–Trinajstić information content (AvgIpc) is 2.47. The van der Waals surface area contributed by atoms with E-state index in [1.807, 2.05) is 0 Å². The minimum Gasteiger partial charge on any atom is -0.496 e. The molecule has 0 aliphatic heterocycles. The maximum absolute atomic E-state index is 12.4. The number of amides is 1. The van der Waals surface area contributed by atoms with Crippen LogP contribution in [0.15, 0.2) is 18.2 Å². The van der Waals surface area contributed by atoms with Crippen LogP contribution in [0, 0.1) is 0 Å². The fourth-order valence-corrected chi connectivity index (χ4v) is 2.73. The van der Waals surface area contributed by atoms with Crippen molar-refractivity contribution in [3.8, 4) is 5.75 Å². The van der Waals surface area contributed by atoms with E-state index < -0.39 is 17.4 Å². The lowest BCUT2D eigenvalue weighted by atomic mass is 9.81. The lowest BCUT2D eigenvalue weighted by molar-refractivity contribution is -0.145. The first-order valence-electron chi connectivity index (χ1n) is 6.98. The van der Waals surface area contributed by atoms with Crippen LogP contribution in [0.25, 0.3) is 0 Å². The van der Waals surface area contributed by atoms with E-state index in [1.54, 1.807) is 18.2 Å². The molecule has 1 aromatic rings. The van der Waals surface area contributed by atoms with Crippen LogP contribution in [0.1, 0.15) is 42.5 Å². The summed E-state index contributed by atoms with van der Waals surface area (Å²) >= 11 is 0. The second kappa shape index (κ2) is 6.03. The molecule has 1 saturated carbocycles. The first-order chi connectivity index (χ1) is 9.98. The molecule has 0 unspecified atom stereocenters. The molecule has 114 valence electrons. The number of carboxylic acid groups (broad SMARTS) is 1. The Hall–Kier alpha value is -2.24. The van der Waals surface area contributed by atoms with Gasteiger partial charge in [0.05, 0.1) is 12.7 Å². The van der Waals surface area contributed by atoms with Gasteiger partial charge in [0.1, 0.15) is 11.3 Å². The molecule has 6 heteroatoms. The van der Waals surface area contributed by atoms with E-state index in [0.29, 0.717) is 24.3 Å². The number of methoxy groups -OCH3 is 1. The number of hydrogen-bond acceptors (Lipinski definition) is 4. The Morgan fingerprint density at radius 1 is 1.29 bits per heavy atom. The summed E-state index contributed by atoms with van der Waals surface area (Å²) in [6.45, 7) is 0. The minimum absolute atomic E-state index is 0.290. The first-order valence-corrected chi connectivity index (χ1v) is 6.98. The van der Waals surface area contributed by atoms with Crippen LogP contribution < -0.4 is 15.8 Å². The van der Waals surface area contributed by atoms with E-state index in [9.17, 15) is 14.7 Å². The highest BCUT2D eigenvalue weighted by Gasteiger charge is 2.41. The Balaban J connectivity index is 2.25. The predicted molar refractivity (Wildman–Crippen MR) is 78.3 cm³/mol. The summed E-state index contributed by atoms with van der Waals surface area (Å²) in [5.74, 6) is -1.09. The number of nitrogens with two attached hydrogens (primary N) is 1. The number of carbonyl (C=O) groups is 2. The zero-order valence-corrected chi connectivity index (χ0v) is 12.0. The van der Waals surface area contributed by atoms with Gasteiger partial charge in [-0.25, -0.2) is 4.79 Å². The molecule has 4 N–H and O–H groups in total. The summed E-state index contributed by atoms with van der Waals surface area (Å²) in [4.78, 5) is 24.0. The molecular formula is C15H20N2O4. The fraction of sp³-hybridized carbons (Fsp3) is 0.467. The van der Waals surface area contributed by atoms with E-state index in [4.69, 9.17) is 10.5 Å². The molecule has 0 aromatic heterocycles. The summed E-state index contributed by atoms with van der Waals surface area (Å²) < 4.78 is 5.14. The number of carbonyl (C=O) groups excluding carboxylic acids is 1. The molecule has 1 aliphatic rings. The Bertz CT molecular complexity index is 551. The second-order valence-corrected chi connectivity index (χ2v) is 5.36. The largest absolute Gasteiger partial charge is 0.496 e. The molecule has 1 aromatic carbocycles. The monoisotopic (exact) mass is 292 g/mol. The van der Waals surface area contributed by atoms with Crippen LogP contribution in [0.2, 0.25) is 0 Å². The van der Waals surface area contributed by atoms with Crippen LogP contribution in [0.3, 0.4) is 0 Å². The van der Waals surface area contributed by atoms with Crippen molar-refractivity contribution in [3.05, 3.63) is 23.8 Å². The van der Waals surface area contributed by atoms with Gasteiger partial charge in [0.2, 0.25) is 0 Å². The number of hydrogen-bond donors (Lipinski definition) is 3. The topological polar surface area (TPSA) is 102 Å². The molecular weight excluding hydrogens is 272 g/mol. The van der Waals surface area contributed by atoms with E-state index in [1.165, 1.54) is 7.11 Å². The molecule has 1 amide bonds. The highest BCUT2D eigenvalue weighted by Crippen LogP contribution is 2.30. The quantitative estimate of drug-likeness (QED) is 0.734. The van der Waals surface area contributed by atoms with Gasteiger partial charge in [0.15, 0.2) is 0 Å². The van der Waals surface area contributed by atoms with Crippen molar-refractivity contribution in [2.45, 2.75) is 37.6 Å². The third kappa shape index (κ3) is 3.09. The van der Waals surface area contributed by atoms with Gasteiger partial charge >= 0.3 is 5.97 Å². The number of carboxylic acids is 1. The Morgan fingerprint density at radius 3 is 2.52 bits per heavy atom. The predicted octanol–water partition coefficient (Wildman–Crippen LogP) is 1.79. The van der Waals surface area contributed by atoms with E-state index in [0.717, 1.165) is 19.3 Å². The Morgan fingerprint density at radius 2 is 1.95 bits per heavy atom. The van der Waals surface area contributed by atoms with Crippen LogP contribution in [-0.2, 0) is 4.79 Å². The second-order valence-electron chi connectivity index (χ2n) is 5.36. The first kappa shape index (κ1) is 15.2. The van der Waals surface area contributed by atoms with Crippen molar-refractivity contribution in [1.82, 2.24) is 5.32 Å². The van der Waals surface area contributed by atoms with E-state index in [-0.39, 0.29) is 5.56 Å². The van der Waals surface area contributed by atoms with Crippen molar-refractivity contribution in [3.63, 3.8) is 0 Å². The highest BCUT2D eigenvalue weighted by atomic mass is 16.5. The SMILES string of the molecule is COc1cc(N)ccc1C(=O)NC1(C(=O)O)CCCCC1. The molecule has 1 fully saturated rings. The zero-order valence-electron chi connectivity index (χ0n) is 12.0. The summed E-state index contributed by atoms with van der Waals surface area (Å²) in [5.41, 5.74) is 5.25. The fourth-order valence-electron chi connectivity index (χ4n) is 2.73. The molecule has 6 nitrogen and oxygen atoms in total. The molecule has 0 bridgehead atoms. The zero-order chi connectivity index (χ0) is 15.5.